The molecule has 0 unspecified atom stereocenters. The lowest BCUT2D eigenvalue weighted by atomic mass is 9.71. The Labute approximate surface area is 611 Å². The van der Waals surface area contributed by atoms with Crippen molar-refractivity contribution in [2.75, 3.05) is 0 Å². The number of ketones is 2. The highest BCUT2D eigenvalue weighted by Crippen LogP contribution is 2.53. The Morgan fingerprint density at radius 1 is 0.240 bits per heavy atom. The van der Waals surface area contributed by atoms with Gasteiger partial charge in [0.2, 0.25) is 0 Å². The molecule has 0 saturated heterocycles. The zero-order valence-electron chi connectivity index (χ0n) is 68.2. The molecule has 0 aliphatic heterocycles. The molecule has 2 radical (unpaired) electrons. The molecule has 0 bridgehead atoms. The van der Waals surface area contributed by atoms with Gasteiger partial charge >= 0.3 is 0 Å². The predicted octanol–water partition coefficient (Wildman–Crippen LogP) is 23.9. The number of benzene rings is 4. The summed E-state index contributed by atoms with van der Waals surface area (Å²) >= 11 is 3.31. The molecule has 2 aliphatic carbocycles. The van der Waals surface area contributed by atoms with Crippen molar-refractivity contribution < 1.29 is 30.0 Å². The lowest BCUT2D eigenvalue weighted by Crippen LogP contribution is -2.28. The minimum atomic E-state index is -0.629. The van der Waals surface area contributed by atoms with E-state index >= 15 is 30.0 Å². The van der Waals surface area contributed by atoms with Gasteiger partial charge < -0.3 is 10.2 Å². The first-order valence-electron chi connectivity index (χ1n) is 36.2. The Hall–Kier alpha value is -6.48. The van der Waals surface area contributed by atoms with Crippen LogP contribution in [0.5, 0.6) is 23.0 Å². The summed E-state index contributed by atoms with van der Waals surface area (Å²) in [5, 5.41) is 62.1. The maximum absolute atomic E-state index is 15.6. The van der Waals surface area contributed by atoms with Crippen LogP contribution in [0.3, 0.4) is 0 Å². The van der Waals surface area contributed by atoms with E-state index in [1.807, 2.05) is 0 Å². The average Bonchev–Trinajstić information content (AvgIpc) is 1.53. The van der Waals surface area contributed by atoms with E-state index in [4.69, 9.17) is 0 Å². The van der Waals surface area contributed by atoms with Crippen LogP contribution >= 0.6 is 22.7 Å². The van der Waals surface area contributed by atoms with Crippen molar-refractivity contribution >= 4 is 45.4 Å². The van der Waals surface area contributed by atoms with Crippen LogP contribution in [0, 0.1) is 30.7 Å². The predicted molar refractivity (Wildman–Crippen MR) is 423 cm³/mol. The summed E-state index contributed by atoms with van der Waals surface area (Å²) in [4.78, 5) is 30.7. The molecule has 538 valence electrons. The van der Waals surface area contributed by atoms with Gasteiger partial charge in [-0.25, -0.2) is 0 Å². The van der Waals surface area contributed by atoms with Crippen LogP contribution in [0.25, 0.3) is 55.7 Å². The average molecular weight is 1390 g/mol. The number of allylic oxidation sites excluding steroid dienone is 8. The summed E-state index contributed by atoms with van der Waals surface area (Å²) in [5.74, 6) is -0.0420. The smallest absolute Gasteiger partial charge is 0.186 e. The van der Waals surface area contributed by atoms with Gasteiger partial charge in [0.05, 0.1) is 9.06 Å². The normalized spacial score (nSPS) is 16.0. The van der Waals surface area contributed by atoms with E-state index in [-0.39, 0.29) is 34.6 Å². The molecule has 4 aromatic carbocycles. The van der Waals surface area contributed by atoms with Gasteiger partial charge in [-0.2, -0.15) is 0 Å². The first-order chi connectivity index (χ1) is 44.7. The third-order valence-corrected chi connectivity index (χ3v) is 22.6. The number of carbonyl (C=O) groups excluding carboxylic acids is 2. The SMILES string of the molecule is CC(C)(C)C1=CC(=c2s/c(=c3/sc(=C4C=C(C(C)(C)C)C(=O)C(C(C)(C)C)=C4)c(-c4cc(C(C)(C)C)c([O])c(C(C)(C)C)c4)c3-c3cc(C(C)(C)C)c([O-])c(C(C)(C)C)c3)c(-c3cc(C(C)(C)C)c([O])c(C(C)(C)C)c3)c2-c2cc(C(C)(C)C)c([O-])c(C(C)(C)C)c2)C=C(C(C)(C)C)C1=O. The van der Waals surface area contributed by atoms with E-state index in [9.17, 15) is 0 Å². The third-order valence-electron chi connectivity index (χ3n) is 19.9. The fraction of sp³-hybridized carbons (Fsp3) is 0.522. The van der Waals surface area contributed by atoms with E-state index in [1.54, 1.807) is 22.7 Å². The number of carbonyl (C=O) groups is 2. The van der Waals surface area contributed by atoms with Crippen LogP contribution in [-0.2, 0) is 63.1 Å². The van der Waals surface area contributed by atoms with Gasteiger partial charge in [-0.1, -0.05) is 274 Å². The Balaban J connectivity index is 2.05. The van der Waals surface area contributed by atoms with Crippen LogP contribution in [0.15, 0.2) is 95.1 Å². The minimum absolute atomic E-state index is 0.00127. The quantitative estimate of drug-likeness (QED) is 0.175. The van der Waals surface area contributed by atoms with E-state index in [2.05, 4.69) is 322 Å². The van der Waals surface area contributed by atoms with Gasteiger partial charge in [-0.3, -0.25) is 19.8 Å². The van der Waals surface area contributed by atoms with Crippen molar-refractivity contribution in [1.82, 2.24) is 0 Å². The number of thiophene rings is 2. The molecule has 2 aromatic heterocycles. The molecular weight excluding hydrogens is 1270 g/mol. The van der Waals surface area contributed by atoms with Gasteiger partial charge in [0.25, 0.3) is 0 Å². The Morgan fingerprint density at radius 3 is 0.560 bits per heavy atom. The zero-order chi connectivity index (χ0) is 76.4. The number of Topliss-reactive ketones (excluding diaryl/α,β-unsaturated/α-hetero) is 2. The Morgan fingerprint density at radius 2 is 0.400 bits per heavy atom. The topological polar surface area (TPSA) is 120 Å². The van der Waals surface area contributed by atoms with Crippen LogP contribution in [0.1, 0.15) is 294 Å². The Bertz CT molecular complexity index is 4210. The maximum atomic E-state index is 15.6. The van der Waals surface area contributed by atoms with Crippen LogP contribution in [0.2, 0.25) is 0 Å². The highest BCUT2D eigenvalue weighted by molar-refractivity contribution is 7.12. The molecule has 0 spiro atoms. The lowest BCUT2D eigenvalue weighted by Gasteiger charge is -2.34. The summed E-state index contributed by atoms with van der Waals surface area (Å²) in [6.45, 7) is 75.8. The highest BCUT2D eigenvalue weighted by atomic mass is 32.1. The van der Waals surface area contributed by atoms with Crippen LogP contribution in [0.4, 0.5) is 0 Å². The molecule has 100 heavy (non-hydrogen) atoms. The van der Waals surface area contributed by atoms with Crippen LogP contribution < -0.4 is 19.3 Å². The summed E-state index contributed by atoms with van der Waals surface area (Å²) < 4.78 is 3.51. The summed E-state index contributed by atoms with van der Waals surface area (Å²) in [6.07, 6.45) is 8.46. The molecule has 2 aliphatic rings. The summed E-state index contributed by atoms with van der Waals surface area (Å²) in [6, 6.07) is 17.0. The molecule has 0 amide bonds. The van der Waals surface area contributed by atoms with E-state index in [0.717, 1.165) is 73.8 Å². The third kappa shape index (κ3) is 15.3. The van der Waals surface area contributed by atoms with Crippen molar-refractivity contribution in [2.24, 2.45) is 21.7 Å². The summed E-state index contributed by atoms with van der Waals surface area (Å²) in [7, 11) is 0. The molecule has 0 N–H and O–H groups in total. The second kappa shape index (κ2) is 25.2. The molecule has 6 nitrogen and oxygen atoms in total. The Kier molecular flexibility index (Phi) is 19.9. The monoisotopic (exact) mass is 1380 g/mol. The second-order valence-electron chi connectivity index (χ2n) is 41.4. The summed E-state index contributed by atoms with van der Waals surface area (Å²) in [5.41, 5.74) is 9.14. The number of rotatable bonds is 4. The number of hydrogen-bond donors (Lipinski definition) is 0. The highest BCUT2D eigenvalue weighted by Gasteiger charge is 2.40. The molecule has 2 heterocycles. The molecule has 6 aromatic rings. The van der Waals surface area contributed by atoms with Gasteiger partial charge in [0, 0.05) is 75.9 Å². The molecule has 8 rings (SSSR count). The zero-order valence-corrected chi connectivity index (χ0v) is 69.8. The van der Waals surface area contributed by atoms with Crippen molar-refractivity contribution in [3.8, 4) is 67.5 Å². The first kappa shape index (κ1) is 79.2. The van der Waals surface area contributed by atoms with E-state index in [1.165, 1.54) is 0 Å². The van der Waals surface area contributed by atoms with E-state index < -0.39 is 65.0 Å². The number of hydrogen-bond acceptors (Lipinski definition) is 6. The molecule has 8 heteroatoms. The van der Waals surface area contributed by atoms with Crippen molar-refractivity contribution in [1.29, 1.82) is 0 Å². The molecule has 0 fully saturated rings. The van der Waals surface area contributed by atoms with Gasteiger partial charge in [-0.05, 0) is 169 Å². The fourth-order valence-electron chi connectivity index (χ4n) is 14.0. The lowest BCUT2D eigenvalue weighted by molar-refractivity contribution is -0.272. The van der Waals surface area contributed by atoms with Crippen molar-refractivity contribution in [2.45, 2.75) is 293 Å². The standard InChI is InChI=1S/C92H122O6S2/c1-81(2,3)55-37-49(38-56(71(55)93)82(4,5)6)67-69(51-41-59(85(13,14)15)73(95)60(42-51)86(16,17)18)79(99-77(67)53-45-63(89(25,26)27)75(97)64(46-53)90(28,29)30)80-70(52-43-61(87(19,20)21)74(96)62(44-52)88(22,23)24)68(50-39-57(83(7,8)9)72(94)58(40-50)84(10,11)12)78(100-80)54-47-65(91(31,32)33)76(98)66(48-54)92(34,35)36/h37-48,93,96H,1-36H3/p-2/b80-79+. The fourth-order valence-corrected chi connectivity index (χ4v) is 16.8. The van der Waals surface area contributed by atoms with Crippen LogP contribution in [-0.4, -0.2) is 11.6 Å². The van der Waals surface area contributed by atoms with Gasteiger partial charge in [0.1, 0.15) is 0 Å². The molecule has 0 saturated carbocycles. The first-order valence-corrected chi connectivity index (χ1v) is 37.9. The van der Waals surface area contributed by atoms with Gasteiger partial charge in [0.15, 0.2) is 23.1 Å². The second-order valence-corrected chi connectivity index (χ2v) is 43.5. The molecule has 0 atom stereocenters. The minimum Gasteiger partial charge on any atom is -0.872 e. The molecular formula is C92H120O6S2-2. The van der Waals surface area contributed by atoms with Gasteiger partial charge in [-0.15, -0.1) is 34.2 Å². The van der Waals surface area contributed by atoms with Crippen molar-refractivity contribution in [3.63, 3.8) is 0 Å². The largest absolute Gasteiger partial charge is 0.872 e. The van der Waals surface area contributed by atoms with Crippen molar-refractivity contribution in [3.05, 3.63) is 158 Å². The maximum Gasteiger partial charge on any atom is 0.186 e. The van der Waals surface area contributed by atoms with E-state index in [0.29, 0.717) is 66.8 Å².